The highest BCUT2D eigenvalue weighted by Crippen LogP contribution is 2.05. The second-order valence-corrected chi connectivity index (χ2v) is 3.84. The molecule has 1 unspecified atom stereocenters. The summed E-state index contributed by atoms with van der Waals surface area (Å²) >= 11 is 0. The van der Waals surface area contributed by atoms with Gasteiger partial charge in [-0.1, -0.05) is 19.1 Å². The summed E-state index contributed by atoms with van der Waals surface area (Å²) < 4.78 is 12.6. The molecule has 2 N–H and O–H groups in total. The van der Waals surface area contributed by atoms with E-state index in [1.54, 1.807) is 19.1 Å². The molecule has 1 aromatic carbocycles. The number of nitrogens with one attached hydrogen (secondary N) is 1. The van der Waals surface area contributed by atoms with E-state index in [1.807, 2.05) is 0 Å². The van der Waals surface area contributed by atoms with Crippen LogP contribution >= 0.6 is 0 Å². The molecule has 5 heteroatoms. The van der Waals surface area contributed by atoms with Gasteiger partial charge in [-0.25, -0.2) is 4.39 Å². The fourth-order valence-electron chi connectivity index (χ4n) is 1.32. The van der Waals surface area contributed by atoms with Crippen molar-refractivity contribution in [2.24, 2.45) is 5.92 Å². The molecule has 0 fully saturated rings. The lowest BCUT2D eigenvalue weighted by Crippen LogP contribution is -2.30. The fraction of sp³-hybridized carbons (Fsp3) is 0.333. The molecule has 17 heavy (non-hydrogen) atoms. The minimum Gasteiger partial charge on any atom is -0.481 e. The van der Waals surface area contributed by atoms with Crippen molar-refractivity contribution in [3.8, 4) is 0 Å². The van der Waals surface area contributed by atoms with Crippen molar-refractivity contribution in [1.82, 2.24) is 5.32 Å². The average molecular weight is 239 g/mol. The summed E-state index contributed by atoms with van der Waals surface area (Å²) in [5.74, 6) is -2.24. The van der Waals surface area contributed by atoms with Crippen LogP contribution < -0.4 is 5.32 Å². The van der Waals surface area contributed by atoms with Gasteiger partial charge in [-0.05, 0) is 17.7 Å². The van der Waals surface area contributed by atoms with Crippen LogP contribution in [0.2, 0.25) is 0 Å². The third-order valence-electron chi connectivity index (χ3n) is 2.31. The summed E-state index contributed by atoms with van der Waals surface area (Å²) in [6.45, 7) is 1.82. The molecule has 0 saturated carbocycles. The molecule has 4 nitrogen and oxygen atoms in total. The Hall–Kier alpha value is -1.91. The van der Waals surface area contributed by atoms with Gasteiger partial charge in [0.05, 0.1) is 6.42 Å². The first-order chi connectivity index (χ1) is 7.99. The van der Waals surface area contributed by atoms with Crippen LogP contribution in [-0.4, -0.2) is 17.0 Å². The van der Waals surface area contributed by atoms with E-state index in [0.29, 0.717) is 0 Å². The Bertz CT molecular complexity index is 403. The highest BCUT2D eigenvalue weighted by atomic mass is 19.1. The molecule has 0 heterocycles. The zero-order valence-corrected chi connectivity index (χ0v) is 9.44. The van der Waals surface area contributed by atoms with Gasteiger partial charge < -0.3 is 10.4 Å². The number of carboxylic acid groups (broad SMARTS) is 1. The van der Waals surface area contributed by atoms with Crippen molar-refractivity contribution < 1.29 is 19.1 Å². The molecule has 0 aliphatic carbocycles. The quantitative estimate of drug-likeness (QED) is 0.819. The molecule has 0 saturated heterocycles. The lowest BCUT2D eigenvalue weighted by molar-refractivity contribution is -0.140. The number of amides is 1. The normalized spacial score (nSPS) is 11.9. The van der Waals surface area contributed by atoms with Crippen molar-refractivity contribution in [2.45, 2.75) is 19.9 Å². The van der Waals surface area contributed by atoms with Crippen molar-refractivity contribution in [3.63, 3.8) is 0 Å². The van der Waals surface area contributed by atoms with Crippen LogP contribution in [0.1, 0.15) is 18.9 Å². The van der Waals surface area contributed by atoms with Gasteiger partial charge in [0.1, 0.15) is 5.82 Å². The standard InChI is InChI=1S/C12H14FNO3/c1-8(6-11(15)16)12(17)14-7-9-2-4-10(13)5-3-9/h2-5,8H,6-7H2,1H3,(H,14,17)(H,15,16). The smallest absolute Gasteiger partial charge is 0.304 e. The van der Waals surface area contributed by atoms with Crippen LogP contribution in [0.15, 0.2) is 24.3 Å². The van der Waals surface area contributed by atoms with Gasteiger partial charge in [0.15, 0.2) is 0 Å². The molecule has 0 radical (unpaired) electrons. The minimum absolute atomic E-state index is 0.199. The molecule has 0 bridgehead atoms. The lowest BCUT2D eigenvalue weighted by Gasteiger charge is -2.10. The van der Waals surface area contributed by atoms with E-state index in [-0.39, 0.29) is 24.7 Å². The van der Waals surface area contributed by atoms with E-state index in [1.165, 1.54) is 12.1 Å². The van der Waals surface area contributed by atoms with Crippen molar-refractivity contribution in [3.05, 3.63) is 35.6 Å². The summed E-state index contributed by atoms with van der Waals surface area (Å²) in [7, 11) is 0. The number of carbonyl (C=O) groups excluding carboxylic acids is 1. The van der Waals surface area contributed by atoms with Gasteiger partial charge in [-0.3, -0.25) is 9.59 Å². The van der Waals surface area contributed by atoms with Crippen molar-refractivity contribution in [1.29, 1.82) is 0 Å². The first kappa shape index (κ1) is 13.2. The largest absolute Gasteiger partial charge is 0.481 e. The highest BCUT2D eigenvalue weighted by molar-refractivity contribution is 5.82. The first-order valence-corrected chi connectivity index (χ1v) is 5.23. The molecule has 92 valence electrons. The number of carboxylic acids is 1. The highest BCUT2D eigenvalue weighted by Gasteiger charge is 2.15. The molecular weight excluding hydrogens is 225 g/mol. The maximum Gasteiger partial charge on any atom is 0.304 e. The van der Waals surface area contributed by atoms with E-state index >= 15 is 0 Å². The van der Waals surface area contributed by atoms with Gasteiger partial charge in [0.25, 0.3) is 0 Å². The lowest BCUT2D eigenvalue weighted by atomic mass is 10.1. The molecule has 0 aromatic heterocycles. The van der Waals surface area contributed by atoms with Crippen LogP contribution in [-0.2, 0) is 16.1 Å². The van der Waals surface area contributed by atoms with Gasteiger partial charge in [-0.2, -0.15) is 0 Å². The predicted molar refractivity (Wildman–Crippen MR) is 59.7 cm³/mol. The number of carbonyl (C=O) groups is 2. The third kappa shape index (κ3) is 4.63. The van der Waals surface area contributed by atoms with Crippen LogP contribution in [0.25, 0.3) is 0 Å². The summed E-state index contributed by atoms with van der Waals surface area (Å²) in [5.41, 5.74) is 0.766. The third-order valence-corrected chi connectivity index (χ3v) is 2.31. The Balaban J connectivity index is 2.42. The number of hydrogen-bond acceptors (Lipinski definition) is 2. The van der Waals surface area contributed by atoms with Gasteiger partial charge in [0, 0.05) is 12.5 Å². The van der Waals surface area contributed by atoms with Crippen LogP contribution in [0.3, 0.4) is 0 Å². The van der Waals surface area contributed by atoms with E-state index in [0.717, 1.165) is 5.56 Å². The number of hydrogen-bond donors (Lipinski definition) is 2. The minimum atomic E-state index is -1.01. The van der Waals surface area contributed by atoms with Crippen molar-refractivity contribution in [2.75, 3.05) is 0 Å². The number of benzene rings is 1. The Morgan fingerprint density at radius 1 is 1.35 bits per heavy atom. The summed E-state index contributed by atoms with van der Waals surface area (Å²) in [6.07, 6.45) is -0.199. The molecule has 1 amide bonds. The second-order valence-electron chi connectivity index (χ2n) is 3.84. The molecule has 0 spiro atoms. The number of aliphatic carboxylic acids is 1. The number of halogens is 1. The Morgan fingerprint density at radius 2 is 1.94 bits per heavy atom. The Labute approximate surface area is 98.5 Å². The maximum atomic E-state index is 12.6. The Kier molecular flexibility index (Phi) is 4.63. The molecular formula is C12H14FNO3. The monoisotopic (exact) mass is 239 g/mol. The summed E-state index contributed by atoms with van der Waals surface area (Å²) in [4.78, 5) is 21.9. The topological polar surface area (TPSA) is 66.4 Å². The van der Waals surface area contributed by atoms with Crippen LogP contribution in [0.5, 0.6) is 0 Å². The molecule has 1 atom stereocenters. The molecule has 1 aromatic rings. The van der Waals surface area contributed by atoms with Crippen LogP contribution in [0, 0.1) is 11.7 Å². The predicted octanol–water partition coefficient (Wildman–Crippen LogP) is 1.55. The first-order valence-electron chi connectivity index (χ1n) is 5.23. The second kappa shape index (κ2) is 5.98. The van der Waals surface area contributed by atoms with Gasteiger partial charge >= 0.3 is 5.97 Å². The molecule has 0 aliphatic rings. The average Bonchev–Trinajstić information content (AvgIpc) is 2.27. The molecule has 1 rings (SSSR count). The fourth-order valence-corrected chi connectivity index (χ4v) is 1.32. The van der Waals surface area contributed by atoms with E-state index in [9.17, 15) is 14.0 Å². The SMILES string of the molecule is CC(CC(=O)O)C(=O)NCc1ccc(F)cc1. The van der Waals surface area contributed by atoms with Crippen LogP contribution in [0.4, 0.5) is 4.39 Å². The van der Waals surface area contributed by atoms with E-state index in [2.05, 4.69) is 5.32 Å². The van der Waals surface area contributed by atoms with Gasteiger partial charge in [0.2, 0.25) is 5.91 Å². The maximum absolute atomic E-state index is 12.6. The van der Waals surface area contributed by atoms with E-state index < -0.39 is 11.9 Å². The van der Waals surface area contributed by atoms with Crippen molar-refractivity contribution >= 4 is 11.9 Å². The summed E-state index contributed by atoms with van der Waals surface area (Å²) in [5, 5.41) is 11.1. The number of rotatable bonds is 5. The Morgan fingerprint density at radius 3 is 2.47 bits per heavy atom. The summed E-state index contributed by atoms with van der Waals surface area (Å²) in [6, 6.07) is 5.75. The zero-order chi connectivity index (χ0) is 12.8. The zero-order valence-electron chi connectivity index (χ0n) is 9.44. The van der Waals surface area contributed by atoms with Gasteiger partial charge in [-0.15, -0.1) is 0 Å². The van der Waals surface area contributed by atoms with E-state index in [4.69, 9.17) is 5.11 Å². The molecule has 0 aliphatic heterocycles.